The summed E-state index contributed by atoms with van der Waals surface area (Å²) in [5.74, 6) is -1.79. The Labute approximate surface area is 233 Å². The van der Waals surface area contributed by atoms with Crippen LogP contribution in [0.3, 0.4) is 0 Å². The highest BCUT2D eigenvalue weighted by Gasteiger charge is 2.54. The average Bonchev–Trinajstić information content (AvgIpc) is 3.19. The molecule has 1 aromatic carbocycles. The maximum Gasteiger partial charge on any atom is 0.407 e. The maximum absolute atomic E-state index is 13.0. The molecule has 0 radical (unpaired) electrons. The molecule has 2 aliphatic rings. The van der Waals surface area contributed by atoms with Crippen molar-refractivity contribution in [3.05, 3.63) is 35.9 Å². The zero-order valence-electron chi connectivity index (χ0n) is 23.7. The molecule has 40 heavy (non-hydrogen) atoms. The SMILES string of the molecule is CC[C@@H]1O[C@H](O[C@H]2[C@@H](OC(C)=O)[C@@H](C)O[C@@H]2CC)[C@H](NC(=O)OCc2ccccc2)[C@@H](OC(C)=O)[C@@H]1OC(C)=O. The zero-order chi connectivity index (χ0) is 29.4. The molecule has 0 aliphatic carbocycles. The first-order chi connectivity index (χ1) is 19.0. The summed E-state index contributed by atoms with van der Waals surface area (Å²) in [4.78, 5) is 49.0. The largest absolute Gasteiger partial charge is 0.457 e. The first-order valence-electron chi connectivity index (χ1n) is 13.5. The van der Waals surface area contributed by atoms with Crippen molar-refractivity contribution >= 4 is 24.0 Å². The molecule has 222 valence electrons. The van der Waals surface area contributed by atoms with E-state index >= 15 is 0 Å². The van der Waals surface area contributed by atoms with Crippen molar-refractivity contribution in [1.29, 1.82) is 0 Å². The van der Waals surface area contributed by atoms with E-state index in [9.17, 15) is 19.2 Å². The van der Waals surface area contributed by atoms with Gasteiger partial charge in [0, 0.05) is 20.8 Å². The summed E-state index contributed by atoms with van der Waals surface area (Å²) in [6, 6.07) is 7.91. The van der Waals surface area contributed by atoms with Crippen LogP contribution >= 0.6 is 0 Å². The van der Waals surface area contributed by atoms with Gasteiger partial charge in [0.1, 0.15) is 24.9 Å². The molecule has 12 nitrogen and oxygen atoms in total. The molecule has 0 saturated carbocycles. The minimum absolute atomic E-state index is 0.0185. The Morgan fingerprint density at radius 3 is 1.90 bits per heavy atom. The molecular weight excluding hydrogens is 526 g/mol. The second-order valence-corrected chi connectivity index (χ2v) is 9.79. The Kier molecular flexibility index (Phi) is 11.3. The van der Waals surface area contributed by atoms with E-state index in [1.54, 1.807) is 19.1 Å². The summed E-state index contributed by atoms with van der Waals surface area (Å²) in [6.07, 6.45) is -6.55. The maximum atomic E-state index is 13.0. The number of carbonyl (C=O) groups is 4. The van der Waals surface area contributed by atoms with E-state index in [2.05, 4.69) is 5.32 Å². The van der Waals surface area contributed by atoms with Gasteiger partial charge in [-0.3, -0.25) is 14.4 Å². The summed E-state index contributed by atoms with van der Waals surface area (Å²) in [5.41, 5.74) is 0.762. The summed E-state index contributed by atoms with van der Waals surface area (Å²) in [7, 11) is 0. The van der Waals surface area contributed by atoms with Crippen molar-refractivity contribution in [2.24, 2.45) is 0 Å². The fourth-order valence-electron chi connectivity index (χ4n) is 4.98. The van der Waals surface area contributed by atoms with E-state index in [0.717, 1.165) is 5.56 Å². The van der Waals surface area contributed by atoms with Crippen LogP contribution in [0.2, 0.25) is 0 Å². The third-order valence-corrected chi connectivity index (χ3v) is 6.69. The summed E-state index contributed by atoms with van der Waals surface area (Å²) in [6.45, 7) is 9.18. The van der Waals surface area contributed by atoms with Gasteiger partial charge in [0.25, 0.3) is 0 Å². The Morgan fingerprint density at radius 2 is 1.32 bits per heavy atom. The molecule has 2 fully saturated rings. The van der Waals surface area contributed by atoms with Gasteiger partial charge in [-0.15, -0.1) is 0 Å². The van der Waals surface area contributed by atoms with Crippen molar-refractivity contribution in [2.45, 2.75) is 116 Å². The number of alkyl carbamates (subject to hydrolysis) is 1. The molecule has 9 atom stereocenters. The number of amides is 1. The van der Waals surface area contributed by atoms with Gasteiger partial charge in [-0.25, -0.2) is 4.79 Å². The number of esters is 3. The topological polar surface area (TPSA) is 145 Å². The highest BCUT2D eigenvalue weighted by atomic mass is 16.7. The zero-order valence-corrected chi connectivity index (χ0v) is 23.7. The first kappa shape index (κ1) is 31.3. The van der Waals surface area contributed by atoms with Crippen LogP contribution in [0.15, 0.2) is 30.3 Å². The predicted molar refractivity (Wildman–Crippen MR) is 139 cm³/mol. The van der Waals surface area contributed by atoms with Crippen molar-refractivity contribution in [3.63, 3.8) is 0 Å². The Morgan fingerprint density at radius 1 is 0.775 bits per heavy atom. The van der Waals surface area contributed by atoms with Gasteiger partial charge < -0.3 is 38.5 Å². The molecule has 1 N–H and O–H groups in total. The molecule has 0 spiro atoms. The second-order valence-electron chi connectivity index (χ2n) is 9.79. The highest BCUT2D eigenvalue weighted by Crippen LogP contribution is 2.34. The molecule has 0 bridgehead atoms. The van der Waals surface area contributed by atoms with Crippen molar-refractivity contribution in [2.75, 3.05) is 0 Å². The normalized spacial score (nSPS) is 31.6. The fourth-order valence-corrected chi connectivity index (χ4v) is 4.98. The lowest BCUT2D eigenvalue weighted by Crippen LogP contribution is -2.66. The Balaban J connectivity index is 1.93. The highest BCUT2D eigenvalue weighted by molar-refractivity contribution is 5.69. The van der Waals surface area contributed by atoms with Gasteiger partial charge in [0.2, 0.25) is 0 Å². The molecule has 2 aliphatic heterocycles. The second kappa shape index (κ2) is 14.4. The number of rotatable bonds is 10. The van der Waals surface area contributed by atoms with Crippen LogP contribution in [0.25, 0.3) is 0 Å². The van der Waals surface area contributed by atoms with E-state index in [0.29, 0.717) is 12.8 Å². The first-order valence-corrected chi connectivity index (χ1v) is 13.5. The minimum Gasteiger partial charge on any atom is -0.457 e. The van der Waals surface area contributed by atoms with Gasteiger partial charge >= 0.3 is 24.0 Å². The molecular formula is C28H39NO11. The lowest BCUT2D eigenvalue weighted by molar-refractivity contribution is -0.290. The summed E-state index contributed by atoms with van der Waals surface area (Å²) < 4.78 is 40.6. The number of ether oxygens (including phenoxy) is 7. The number of nitrogens with one attached hydrogen (secondary N) is 1. The Bertz CT molecular complexity index is 1020. The van der Waals surface area contributed by atoms with Crippen LogP contribution < -0.4 is 5.32 Å². The summed E-state index contributed by atoms with van der Waals surface area (Å²) in [5, 5.41) is 2.69. The van der Waals surface area contributed by atoms with Crippen LogP contribution in [0.1, 0.15) is 59.9 Å². The molecule has 1 aromatic rings. The minimum atomic E-state index is -1.21. The third-order valence-electron chi connectivity index (χ3n) is 6.69. The van der Waals surface area contributed by atoms with Gasteiger partial charge in [0.05, 0.1) is 12.2 Å². The van der Waals surface area contributed by atoms with E-state index in [4.69, 9.17) is 33.2 Å². The standard InChI is InChI=1S/C28H39NO11/c1-7-20-24(23(15(3)35-20)36-16(4)30)40-27-22(29-28(33)34-14-19-12-10-9-11-13-19)26(38-18(6)32)25(37-17(5)31)21(8-2)39-27/h9-13,15,20-27H,7-8,14H2,1-6H3,(H,29,33)/t15-,20-,21+,22-,23+,24-,25-,26-,27-/m1/s1. The lowest BCUT2D eigenvalue weighted by Gasteiger charge is -2.46. The quantitative estimate of drug-likeness (QED) is 0.330. The fraction of sp³-hybridized carbons (Fsp3) is 0.643. The van der Waals surface area contributed by atoms with Crippen LogP contribution in [-0.2, 0) is 54.1 Å². The molecule has 2 heterocycles. The molecule has 12 heteroatoms. The smallest absolute Gasteiger partial charge is 0.407 e. The van der Waals surface area contributed by atoms with Crippen molar-refractivity contribution < 1.29 is 52.3 Å². The third kappa shape index (κ3) is 8.15. The molecule has 3 rings (SSSR count). The van der Waals surface area contributed by atoms with Gasteiger partial charge in [-0.05, 0) is 25.3 Å². The predicted octanol–water partition coefficient (Wildman–Crippen LogP) is 2.79. The van der Waals surface area contributed by atoms with E-state index < -0.39 is 79.1 Å². The van der Waals surface area contributed by atoms with E-state index in [1.807, 2.05) is 32.0 Å². The molecule has 0 aromatic heterocycles. The van der Waals surface area contributed by atoms with Crippen LogP contribution in [0.5, 0.6) is 0 Å². The summed E-state index contributed by atoms with van der Waals surface area (Å²) >= 11 is 0. The Hall–Kier alpha value is -3.22. The van der Waals surface area contributed by atoms with E-state index in [1.165, 1.54) is 20.8 Å². The number of hydrogen-bond acceptors (Lipinski definition) is 11. The van der Waals surface area contributed by atoms with Crippen molar-refractivity contribution in [3.8, 4) is 0 Å². The number of carbonyl (C=O) groups excluding carboxylic acids is 4. The number of benzene rings is 1. The average molecular weight is 566 g/mol. The van der Waals surface area contributed by atoms with Crippen molar-refractivity contribution in [1.82, 2.24) is 5.32 Å². The van der Waals surface area contributed by atoms with Crippen LogP contribution in [-0.4, -0.2) is 79.1 Å². The molecule has 2 saturated heterocycles. The van der Waals surface area contributed by atoms with Gasteiger partial charge in [0.15, 0.2) is 24.6 Å². The monoisotopic (exact) mass is 565 g/mol. The van der Waals surface area contributed by atoms with Gasteiger partial charge in [-0.2, -0.15) is 0 Å². The molecule has 0 unspecified atom stereocenters. The molecule has 1 amide bonds. The van der Waals surface area contributed by atoms with Gasteiger partial charge in [-0.1, -0.05) is 44.2 Å². The van der Waals surface area contributed by atoms with Crippen LogP contribution in [0.4, 0.5) is 4.79 Å². The lowest BCUT2D eigenvalue weighted by atomic mass is 9.94. The van der Waals surface area contributed by atoms with Crippen LogP contribution in [0, 0.1) is 0 Å². The number of hydrogen-bond donors (Lipinski definition) is 1. The van der Waals surface area contributed by atoms with E-state index in [-0.39, 0.29) is 6.61 Å².